The number of nitrogens with one attached hydrogen (secondary N) is 1. The van der Waals surface area contributed by atoms with Crippen LogP contribution in [0, 0.1) is 11.8 Å². The van der Waals surface area contributed by atoms with E-state index in [9.17, 15) is 9.59 Å². The summed E-state index contributed by atoms with van der Waals surface area (Å²) in [6, 6.07) is 8.08. The first-order chi connectivity index (χ1) is 10.8. The van der Waals surface area contributed by atoms with Crippen LogP contribution in [0.3, 0.4) is 0 Å². The molecular weight excluding hydrogens is 358 g/mol. The lowest BCUT2D eigenvalue weighted by atomic mass is 9.80. The molecule has 0 saturated heterocycles. The molecule has 126 valence electrons. The van der Waals surface area contributed by atoms with Gasteiger partial charge in [-0.05, 0) is 37.0 Å². The molecule has 1 aromatic carbocycles. The Labute approximate surface area is 145 Å². The fraction of sp³-hybridized carbons (Fsp3) is 0.556. The van der Waals surface area contributed by atoms with E-state index in [0.29, 0.717) is 19.4 Å². The third kappa shape index (κ3) is 4.80. The zero-order valence-corrected chi connectivity index (χ0v) is 15.2. The largest absolute Gasteiger partial charge is 0.481 e. The Morgan fingerprint density at radius 3 is 2.65 bits per heavy atom. The van der Waals surface area contributed by atoms with Gasteiger partial charge in [-0.3, -0.25) is 9.59 Å². The van der Waals surface area contributed by atoms with E-state index in [2.05, 4.69) is 47.2 Å². The summed E-state index contributed by atoms with van der Waals surface area (Å²) in [5, 5.41) is 12.2. The van der Waals surface area contributed by atoms with Crippen molar-refractivity contribution in [2.45, 2.75) is 44.9 Å². The second kappa shape index (κ2) is 7.47. The molecule has 1 aromatic rings. The lowest BCUT2D eigenvalue weighted by Crippen LogP contribution is -2.41. The number of amides is 1. The van der Waals surface area contributed by atoms with Crippen molar-refractivity contribution in [2.75, 3.05) is 6.54 Å². The molecule has 2 N–H and O–H groups in total. The van der Waals surface area contributed by atoms with E-state index in [4.69, 9.17) is 5.11 Å². The molecule has 1 saturated carbocycles. The molecule has 0 aliphatic heterocycles. The maximum atomic E-state index is 12.4. The number of rotatable bonds is 5. The summed E-state index contributed by atoms with van der Waals surface area (Å²) >= 11 is 3.47. The Balaban J connectivity index is 1.94. The number of halogens is 1. The molecule has 0 radical (unpaired) electrons. The van der Waals surface area contributed by atoms with E-state index >= 15 is 0 Å². The van der Waals surface area contributed by atoms with Crippen LogP contribution in [-0.4, -0.2) is 23.5 Å². The Hall–Kier alpha value is -1.36. The number of aliphatic carboxylic acids is 1. The second-order valence-electron chi connectivity index (χ2n) is 7.01. The smallest absolute Gasteiger partial charge is 0.306 e. The molecule has 2 unspecified atom stereocenters. The molecule has 5 heteroatoms. The predicted molar refractivity (Wildman–Crippen MR) is 93.3 cm³/mol. The van der Waals surface area contributed by atoms with Crippen LogP contribution in [0.5, 0.6) is 0 Å². The molecule has 1 fully saturated rings. The summed E-state index contributed by atoms with van der Waals surface area (Å²) in [6.45, 7) is 4.72. The van der Waals surface area contributed by atoms with Gasteiger partial charge in [0, 0.05) is 22.4 Å². The lowest BCUT2D eigenvalue weighted by molar-refractivity contribution is -0.144. The maximum absolute atomic E-state index is 12.4. The molecule has 0 spiro atoms. The fourth-order valence-corrected chi connectivity index (χ4v) is 3.52. The van der Waals surface area contributed by atoms with Crippen LogP contribution in [0.1, 0.15) is 45.1 Å². The summed E-state index contributed by atoms with van der Waals surface area (Å²) in [5.41, 5.74) is 0.972. The highest BCUT2D eigenvalue weighted by molar-refractivity contribution is 9.10. The van der Waals surface area contributed by atoms with Crippen LogP contribution in [0.15, 0.2) is 28.7 Å². The molecule has 0 aromatic heterocycles. The normalized spacial score (nSPS) is 21.7. The molecule has 2 rings (SSSR count). The Bertz CT molecular complexity index is 585. The average molecular weight is 382 g/mol. The number of carboxylic acids is 1. The minimum absolute atomic E-state index is 0.0148. The van der Waals surface area contributed by atoms with Crippen LogP contribution in [0.4, 0.5) is 0 Å². The summed E-state index contributed by atoms with van der Waals surface area (Å²) in [7, 11) is 0. The highest BCUT2D eigenvalue weighted by atomic mass is 79.9. The van der Waals surface area contributed by atoms with Crippen molar-refractivity contribution in [3.63, 3.8) is 0 Å². The molecule has 23 heavy (non-hydrogen) atoms. The van der Waals surface area contributed by atoms with Gasteiger partial charge in [-0.25, -0.2) is 0 Å². The summed E-state index contributed by atoms with van der Waals surface area (Å²) in [4.78, 5) is 23.5. The van der Waals surface area contributed by atoms with Gasteiger partial charge in [-0.1, -0.05) is 48.3 Å². The van der Waals surface area contributed by atoms with Gasteiger partial charge in [0.1, 0.15) is 0 Å². The number of benzene rings is 1. The van der Waals surface area contributed by atoms with E-state index < -0.39 is 5.97 Å². The minimum Gasteiger partial charge on any atom is -0.481 e. The highest BCUT2D eigenvalue weighted by Crippen LogP contribution is 2.30. The average Bonchev–Trinajstić information content (AvgIpc) is 2.53. The number of hydrogen-bond acceptors (Lipinski definition) is 2. The third-order valence-electron chi connectivity index (χ3n) is 4.70. The summed E-state index contributed by atoms with van der Waals surface area (Å²) in [5.74, 6) is -1.35. The Morgan fingerprint density at radius 1 is 1.30 bits per heavy atom. The zero-order chi connectivity index (χ0) is 17.0. The molecule has 4 nitrogen and oxygen atoms in total. The van der Waals surface area contributed by atoms with Gasteiger partial charge < -0.3 is 10.4 Å². The van der Waals surface area contributed by atoms with E-state index in [1.54, 1.807) is 0 Å². The van der Waals surface area contributed by atoms with Gasteiger partial charge in [0.05, 0.1) is 5.92 Å². The number of carbonyl (C=O) groups is 2. The van der Waals surface area contributed by atoms with Gasteiger partial charge >= 0.3 is 5.97 Å². The molecular formula is C18H24BrNO3. The van der Waals surface area contributed by atoms with E-state index in [-0.39, 0.29) is 23.2 Å². The first-order valence-corrected chi connectivity index (χ1v) is 8.85. The zero-order valence-electron chi connectivity index (χ0n) is 13.6. The topological polar surface area (TPSA) is 66.4 Å². The molecule has 0 heterocycles. The highest BCUT2D eigenvalue weighted by Gasteiger charge is 2.32. The van der Waals surface area contributed by atoms with Crippen LogP contribution < -0.4 is 5.32 Å². The van der Waals surface area contributed by atoms with Gasteiger partial charge in [0.15, 0.2) is 0 Å². The number of hydrogen-bond donors (Lipinski definition) is 2. The van der Waals surface area contributed by atoms with E-state index in [0.717, 1.165) is 22.9 Å². The molecule has 2 atom stereocenters. The van der Waals surface area contributed by atoms with Crippen molar-refractivity contribution in [3.05, 3.63) is 34.3 Å². The quantitative estimate of drug-likeness (QED) is 0.816. The standard InChI is InChI=1S/C18H24BrNO3/c1-18(2,14-7-4-8-15(19)10-14)11-20-16(21)12-5-3-6-13(9-12)17(22)23/h4,7-8,10,12-13H,3,5-6,9,11H2,1-2H3,(H,20,21)(H,22,23). The lowest BCUT2D eigenvalue weighted by Gasteiger charge is -2.29. The van der Waals surface area contributed by atoms with Gasteiger partial charge in [0.25, 0.3) is 0 Å². The monoisotopic (exact) mass is 381 g/mol. The predicted octanol–water partition coefficient (Wildman–Crippen LogP) is 3.73. The molecule has 1 aliphatic rings. The van der Waals surface area contributed by atoms with Crippen molar-refractivity contribution in [1.29, 1.82) is 0 Å². The second-order valence-corrected chi connectivity index (χ2v) is 7.93. The summed E-state index contributed by atoms with van der Waals surface area (Å²) < 4.78 is 1.02. The van der Waals surface area contributed by atoms with Crippen LogP contribution in [0.2, 0.25) is 0 Å². The Morgan fingerprint density at radius 2 is 2.00 bits per heavy atom. The molecule has 1 aliphatic carbocycles. The van der Waals surface area contributed by atoms with Crippen LogP contribution in [0.25, 0.3) is 0 Å². The van der Waals surface area contributed by atoms with Crippen molar-refractivity contribution >= 4 is 27.8 Å². The van der Waals surface area contributed by atoms with Crippen LogP contribution in [-0.2, 0) is 15.0 Å². The first-order valence-electron chi connectivity index (χ1n) is 8.06. The Kier molecular flexibility index (Phi) is 5.84. The summed E-state index contributed by atoms with van der Waals surface area (Å²) in [6.07, 6.45) is 2.73. The van der Waals surface area contributed by atoms with Crippen molar-refractivity contribution in [2.24, 2.45) is 11.8 Å². The fourth-order valence-electron chi connectivity index (χ4n) is 3.12. The number of carboxylic acid groups (broad SMARTS) is 1. The van der Waals surface area contributed by atoms with Crippen LogP contribution >= 0.6 is 15.9 Å². The van der Waals surface area contributed by atoms with E-state index in [1.165, 1.54) is 0 Å². The number of carbonyl (C=O) groups excluding carboxylic acids is 1. The SMILES string of the molecule is CC(C)(CNC(=O)C1CCCC(C(=O)O)C1)c1cccc(Br)c1. The minimum atomic E-state index is -0.781. The van der Waals surface area contributed by atoms with Crippen molar-refractivity contribution in [3.8, 4) is 0 Å². The van der Waals surface area contributed by atoms with E-state index in [1.807, 2.05) is 12.1 Å². The van der Waals surface area contributed by atoms with Gasteiger partial charge in [0.2, 0.25) is 5.91 Å². The molecule has 1 amide bonds. The van der Waals surface area contributed by atoms with Gasteiger partial charge in [-0.15, -0.1) is 0 Å². The first kappa shape index (κ1) is 18.0. The maximum Gasteiger partial charge on any atom is 0.306 e. The third-order valence-corrected chi connectivity index (χ3v) is 5.20. The van der Waals surface area contributed by atoms with Crippen molar-refractivity contribution in [1.82, 2.24) is 5.32 Å². The van der Waals surface area contributed by atoms with Crippen molar-refractivity contribution < 1.29 is 14.7 Å². The molecule has 0 bridgehead atoms. The van der Waals surface area contributed by atoms with Gasteiger partial charge in [-0.2, -0.15) is 0 Å².